The number of nitriles is 1. The van der Waals surface area contributed by atoms with Gasteiger partial charge in [-0.2, -0.15) is 5.26 Å². The first-order valence-corrected chi connectivity index (χ1v) is 7.52. The first kappa shape index (κ1) is 17.4. The zero-order valence-electron chi connectivity index (χ0n) is 13.7. The van der Waals surface area contributed by atoms with Crippen molar-refractivity contribution in [3.05, 3.63) is 47.4 Å². The van der Waals surface area contributed by atoms with Gasteiger partial charge in [-0.05, 0) is 31.5 Å². The number of anilines is 2. The molecule has 7 nitrogen and oxygen atoms in total. The molecule has 2 N–H and O–H groups in total. The minimum absolute atomic E-state index is 0.263. The molecule has 0 atom stereocenters. The molecule has 0 saturated heterocycles. The number of benzene rings is 1. The van der Waals surface area contributed by atoms with E-state index >= 15 is 0 Å². The van der Waals surface area contributed by atoms with Gasteiger partial charge in [0, 0.05) is 32.0 Å². The molecule has 24 heavy (non-hydrogen) atoms. The lowest BCUT2D eigenvalue weighted by molar-refractivity contribution is 0.102. The van der Waals surface area contributed by atoms with Crippen LogP contribution in [0.4, 0.5) is 11.5 Å². The van der Waals surface area contributed by atoms with Gasteiger partial charge in [0.1, 0.15) is 17.3 Å². The van der Waals surface area contributed by atoms with Crippen LogP contribution < -0.4 is 10.6 Å². The highest BCUT2D eigenvalue weighted by Gasteiger charge is 2.11. The van der Waals surface area contributed by atoms with E-state index < -0.39 is 0 Å². The fourth-order valence-corrected chi connectivity index (χ4v) is 2.07. The Morgan fingerprint density at radius 2 is 2.17 bits per heavy atom. The minimum Gasteiger partial charge on any atom is -0.385 e. The van der Waals surface area contributed by atoms with Gasteiger partial charge in [-0.15, -0.1) is 0 Å². The van der Waals surface area contributed by atoms with E-state index in [1.54, 1.807) is 44.4 Å². The second kappa shape index (κ2) is 8.60. The van der Waals surface area contributed by atoms with Crippen molar-refractivity contribution in [2.45, 2.75) is 13.3 Å². The van der Waals surface area contributed by atoms with Crippen LogP contribution >= 0.6 is 0 Å². The zero-order chi connectivity index (χ0) is 17.4. The van der Waals surface area contributed by atoms with Crippen molar-refractivity contribution in [3.63, 3.8) is 0 Å². The molecule has 0 bridgehead atoms. The SMILES string of the molecule is COCCCNc1cc(C(=O)Nc2cccc(C#N)c2)nc(C)n1. The van der Waals surface area contributed by atoms with Crippen molar-refractivity contribution in [1.82, 2.24) is 9.97 Å². The number of rotatable bonds is 7. The van der Waals surface area contributed by atoms with Crippen LogP contribution in [-0.2, 0) is 4.74 Å². The molecule has 0 spiro atoms. The van der Waals surface area contributed by atoms with E-state index in [1.165, 1.54) is 0 Å². The molecular weight excluding hydrogens is 306 g/mol. The Kier molecular flexibility index (Phi) is 6.23. The van der Waals surface area contributed by atoms with E-state index in [1.807, 2.05) is 6.07 Å². The van der Waals surface area contributed by atoms with Crippen molar-refractivity contribution in [3.8, 4) is 6.07 Å². The predicted octanol–water partition coefficient (Wildman–Crippen LogP) is 2.36. The van der Waals surface area contributed by atoms with E-state index in [-0.39, 0.29) is 11.6 Å². The molecular formula is C17H19N5O2. The fraction of sp³-hybridized carbons (Fsp3) is 0.294. The molecule has 0 aliphatic heterocycles. The number of nitrogens with one attached hydrogen (secondary N) is 2. The number of hydrogen-bond donors (Lipinski definition) is 2. The lowest BCUT2D eigenvalue weighted by atomic mass is 10.2. The molecule has 0 radical (unpaired) electrons. The monoisotopic (exact) mass is 325 g/mol. The topological polar surface area (TPSA) is 99.9 Å². The van der Waals surface area contributed by atoms with E-state index in [2.05, 4.69) is 20.6 Å². The van der Waals surface area contributed by atoms with E-state index in [9.17, 15) is 4.79 Å². The highest BCUT2D eigenvalue weighted by Crippen LogP contribution is 2.13. The molecule has 0 aliphatic rings. The minimum atomic E-state index is -0.351. The second-order valence-electron chi connectivity index (χ2n) is 5.11. The van der Waals surface area contributed by atoms with Gasteiger partial charge in [0.15, 0.2) is 0 Å². The van der Waals surface area contributed by atoms with Crippen LogP contribution in [0.2, 0.25) is 0 Å². The lowest BCUT2D eigenvalue weighted by Crippen LogP contribution is -2.16. The van der Waals surface area contributed by atoms with Crippen LogP contribution in [0.25, 0.3) is 0 Å². The van der Waals surface area contributed by atoms with Crippen molar-refractivity contribution in [2.75, 3.05) is 30.9 Å². The molecule has 7 heteroatoms. The smallest absolute Gasteiger partial charge is 0.274 e. The zero-order valence-corrected chi connectivity index (χ0v) is 13.7. The van der Waals surface area contributed by atoms with Crippen LogP contribution in [0.1, 0.15) is 28.3 Å². The Balaban J connectivity index is 2.08. The van der Waals surface area contributed by atoms with Crippen LogP contribution in [0, 0.1) is 18.3 Å². The molecule has 0 unspecified atom stereocenters. The summed E-state index contributed by atoms with van der Waals surface area (Å²) in [6, 6.07) is 10.3. The Labute approximate surface area is 140 Å². The van der Waals surface area contributed by atoms with Crippen molar-refractivity contribution >= 4 is 17.4 Å². The summed E-state index contributed by atoms with van der Waals surface area (Å²) in [7, 11) is 1.65. The molecule has 1 aromatic heterocycles. The normalized spacial score (nSPS) is 10.0. The third-order valence-electron chi connectivity index (χ3n) is 3.15. The van der Waals surface area contributed by atoms with Crippen LogP contribution in [-0.4, -0.2) is 36.1 Å². The third-order valence-corrected chi connectivity index (χ3v) is 3.15. The molecule has 1 heterocycles. The number of carbonyl (C=O) groups excluding carboxylic acids is 1. The van der Waals surface area contributed by atoms with Gasteiger partial charge in [-0.25, -0.2) is 9.97 Å². The van der Waals surface area contributed by atoms with Crippen molar-refractivity contribution in [2.24, 2.45) is 0 Å². The predicted molar refractivity (Wildman–Crippen MR) is 90.9 cm³/mol. The summed E-state index contributed by atoms with van der Waals surface area (Å²) in [4.78, 5) is 20.8. The summed E-state index contributed by atoms with van der Waals surface area (Å²) < 4.78 is 4.99. The molecule has 2 aromatic rings. The number of amides is 1. The highest BCUT2D eigenvalue weighted by atomic mass is 16.5. The molecule has 2 rings (SSSR count). The van der Waals surface area contributed by atoms with Gasteiger partial charge in [0.2, 0.25) is 0 Å². The molecule has 1 amide bonds. The number of aryl methyl sites for hydroxylation is 1. The highest BCUT2D eigenvalue weighted by molar-refractivity contribution is 6.03. The van der Waals surface area contributed by atoms with Crippen LogP contribution in [0.5, 0.6) is 0 Å². The Hall–Kier alpha value is -2.98. The van der Waals surface area contributed by atoms with Gasteiger partial charge in [0.25, 0.3) is 5.91 Å². The fourth-order valence-electron chi connectivity index (χ4n) is 2.07. The summed E-state index contributed by atoms with van der Waals surface area (Å²) in [5, 5.41) is 14.8. The maximum atomic E-state index is 12.4. The summed E-state index contributed by atoms with van der Waals surface area (Å²) in [6.45, 7) is 3.07. The lowest BCUT2D eigenvalue weighted by Gasteiger charge is -2.09. The van der Waals surface area contributed by atoms with E-state index in [0.29, 0.717) is 36.0 Å². The maximum absolute atomic E-state index is 12.4. The molecule has 0 fully saturated rings. The summed E-state index contributed by atoms with van der Waals surface area (Å²) in [6.07, 6.45) is 0.835. The summed E-state index contributed by atoms with van der Waals surface area (Å²) in [5.74, 6) is 0.743. The van der Waals surface area contributed by atoms with Crippen molar-refractivity contribution < 1.29 is 9.53 Å². The van der Waals surface area contributed by atoms with Gasteiger partial charge in [0.05, 0.1) is 11.6 Å². The first-order chi connectivity index (χ1) is 11.6. The summed E-state index contributed by atoms with van der Waals surface area (Å²) >= 11 is 0. The number of ether oxygens (including phenoxy) is 1. The van der Waals surface area contributed by atoms with E-state index in [0.717, 1.165) is 6.42 Å². The number of nitrogens with zero attached hydrogens (tertiary/aromatic N) is 3. The molecule has 1 aromatic carbocycles. The van der Waals surface area contributed by atoms with Gasteiger partial charge >= 0.3 is 0 Å². The van der Waals surface area contributed by atoms with Gasteiger partial charge in [-0.3, -0.25) is 4.79 Å². The van der Waals surface area contributed by atoms with Gasteiger partial charge < -0.3 is 15.4 Å². The number of methoxy groups -OCH3 is 1. The molecule has 124 valence electrons. The largest absolute Gasteiger partial charge is 0.385 e. The second-order valence-corrected chi connectivity index (χ2v) is 5.11. The average Bonchev–Trinajstić information content (AvgIpc) is 2.58. The molecule has 0 aliphatic carbocycles. The van der Waals surface area contributed by atoms with Crippen LogP contribution in [0.3, 0.4) is 0 Å². The van der Waals surface area contributed by atoms with Crippen LogP contribution in [0.15, 0.2) is 30.3 Å². The quantitative estimate of drug-likeness (QED) is 0.758. The first-order valence-electron chi connectivity index (χ1n) is 7.52. The number of hydrogen-bond acceptors (Lipinski definition) is 6. The Bertz CT molecular complexity index is 755. The Morgan fingerprint density at radius 3 is 2.92 bits per heavy atom. The maximum Gasteiger partial charge on any atom is 0.274 e. The standard InChI is InChI=1S/C17H19N5O2/c1-12-20-15(10-16(21-12)19-7-4-8-24-2)17(23)22-14-6-3-5-13(9-14)11-18/h3,5-6,9-10H,4,7-8H2,1-2H3,(H,22,23)(H,19,20,21). The third kappa shape index (κ3) is 5.04. The summed E-state index contributed by atoms with van der Waals surface area (Å²) in [5.41, 5.74) is 1.29. The number of carbonyl (C=O) groups is 1. The van der Waals surface area contributed by atoms with Crippen molar-refractivity contribution in [1.29, 1.82) is 5.26 Å². The molecule has 0 saturated carbocycles. The van der Waals surface area contributed by atoms with E-state index in [4.69, 9.17) is 10.00 Å². The van der Waals surface area contributed by atoms with Gasteiger partial charge in [-0.1, -0.05) is 6.07 Å². The number of aromatic nitrogens is 2. The average molecular weight is 325 g/mol. The Morgan fingerprint density at radius 1 is 1.33 bits per heavy atom.